The van der Waals surface area contributed by atoms with Crippen molar-refractivity contribution in [3.05, 3.63) is 23.9 Å². The molecule has 0 N–H and O–H groups in total. The van der Waals surface area contributed by atoms with Crippen molar-refractivity contribution in [2.45, 2.75) is 50.7 Å². The summed E-state index contributed by atoms with van der Waals surface area (Å²) in [7, 11) is 0. The van der Waals surface area contributed by atoms with Crippen LogP contribution < -0.4 is 4.74 Å². The van der Waals surface area contributed by atoms with Crippen LogP contribution in [0, 0.1) is 0 Å². The number of ether oxygens (including phenoxy) is 1. The molecule has 1 aromatic rings. The van der Waals surface area contributed by atoms with Gasteiger partial charge in [0.05, 0.1) is 5.56 Å². The number of nitrogens with zero attached hydrogens (tertiary/aromatic N) is 3. The van der Waals surface area contributed by atoms with Crippen LogP contribution in [-0.2, 0) is 0 Å². The van der Waals surface area contributed by atoms with Crippen LogP contribution in [0.25, 0.3) is 0 Å². The summed E-state index contributed by atoms with van der Waals surface area (Å²) in [5, 5.41) is 0. The number of thioether (sulfide) groups is 1. The first-order valence-corrected chi connectivity index (χ1v) is 11.2. The molecule has 26 heavy (non-hydrogen) atoms. The van der Waals surface area contributed by atoms with Gasteiger partial charge in [0.15, 0.2) is 0 Å². The zero-order valence-electron chi connectivity index (χ0n) is 15.4. The Kier molecular flexibility index (Phi) is 6.00. The molecule has 0 radical (unpaired) electrons. The van der Waals surface area contributed by atoms with E-state index in [1.807, 2.05) is 28.8 Å². The van der Waals surface area contributed by atoms with Crippen LogP contribution in [0.2, 0.25) is 0 Å². The topological polar surface area (TPSA) is 45.7 Å². The van der Waals surface area contributed by atoms with Gasteiger partial charge in [0, 0.05) is 50.2 Å². The third kappa shape index (κ3) is 4.34. The maximum absolute atomic E-state index is 12.8. The normalized spacial score (nSPS) is 25.4. The van der Waals surface area contributed by atoms with E-state index in [4.69, 9.17) is 4.74 Å². The standard InChI is InChI=1S/C20H29N3O2S/c24-20(16-6-7-19(21-14-16)25-18-8-13-26-15-18)23-11-9-22(10-12-23)17-4-2-1-3-5-17/h6-7,14,17-18H,1-5,8-13,15H2. The van der Waals surface area contributed by atoms with Crippen molar-refractivity contribution in [2.75, 3.05) is 37.7 Å². The molecule has 5 nitrogen and oxygen atoms in total. The fourth-order valence-corrected chi connectivity index (χ4v) is 5.37. The average Bonchev–Trinajstić information content (AvgIpc) is 3.22. The van der Waals surface area contributed by atoms with Crippen LogP contribution in [0.4, 0.5) is 0 Å². The highest BCUT2D eigenvalue weighted by Crippen LogP contribution is 2.24. The van der Waals surface area contributed by atoms with E-state index in [-0.39, 0.29) is 12.0 Å². The van der Waals surface area contributed by atoms with Gasteiger partial charge in [-0.15, -0.1) is 0 Å². The predicted octanol–water partition coefficient (Wildman–Crippen LogP) is 3.06. The van der Waals surface area contributed by atoms with Crippen LogP contribution >= 0.6 is 11.8 Å². The third-order valence-corrected chi connectivity index (χ3v) is 6.98. The van der Waals surface area contributed by atoms with Gasteiger partial charge in [-0.25, -0.2) is 4.98 Å². The first-order chi connectivity index (χ1) is 12.8. The highest BCUT2D eigenvalue weighted by atomic mass is 32.2. The molecule has 142 valence electrons. The van der Waals surface area contributed by atoms with Crippen molar-refractivity contribution in [2.24, 2.45) is 0 Å². The smallest absolute Gasteiger partial charge is 0.255 e. The lowest BCUT2D eigenvalue weighted by Gasteiger charge is -2.40. The van der Waals surface area contributed by atoms with E-state index in [2.05, 4.69) is 9.88 Å². The molecule has 1 amide bonds. The molecule has 3 aliphatic rings. The first kappa shape index (κ1) is 18.1. The third-order valence-electron chi connectivity index (χ3n) is 5.85. The number of pyridine rings is 1. The Morgan fingerprint density at radius 3 is 2.54 bits per heavy atom. The van der Waals surface area contributed by atoms with E-state index < -0.39 is 0 Å². The Bertz CT molecular complexity index is 590. The van der Waals surface area contributed by atoms with Crippen molar-refractivity contribution in [3.8, 4) is 5.88 Å². The second kappa shape index (κ2) is 8.61. The number of carbonyl (C=O) groups is 1. The number of rotatable bonds is 4. The molecule has 3 heterocycles. The van der Waals surface area contributed by atoms with Gasteiger partial charge in [0.2, 0.25) is 5.88 Å². The maximum atomic E-state index is 12.8. The Morgan fingerprint density at radius 1 is 1.08 bits per heavy atom. The number of carbonyl (C=O) groups excluding carboxylic acids is 1. The van der Waals surface area contributed by atoms with Gasteiger partial charge in [0.1, 0.15) is 6.10 Å². The summed E-state index contributed by atoms with van der Waals surface area (Å²) >= 11 is 1.92. The summed E-state index contributed by atoms with van der Waals surface area (Å²) in [5.74, 6) is 2.93. The molecule has 1 saturated carbocycles. The summed E-state index contributed by atoms with van der Waals surface area (Å²) in [4.78, 5) is 21.7. The lowest BCUT2D eigenvalue weighted by Crippen LogP contribution is -2.52. The highest BCUT2D eigenvalue weighted by Gasteiger charge is 2.27. The summed E-state index contributed by atoms with van der Waals surface area (Å²) in [5.41, 5.74) is 0.671. The van der Waals surface area contributed by atoms with E-state index in [9.17, 15) is 4.79 Å². The van der Waals surface area contributed by atoms with Crippen LogP contribution in [0.1, 0.15) is 48.9 Å². The Balaban J connectivity index is 1.28. The van der Waals surface area contributed by atoms with Crippen LogP contribution in [0.15, 0.2) is 18.3 Å². The van der Waals surface area contributed by atoms with Gasteiger partial charge in [0.25, 0.3) is 5.91 Å². The monoisotopic (exact) mass is 375 g/mol. The number of aromatic nitrogens is 1. The Morgan fingerprint density at radius 2 is 1.88 bits per heavy atom. The molecule has 1 aliphatic carbocycles. The number of amides is 1. The molecule has 6 heteroatoms. The van der Waals surface area contributed by atoms with Crippen molar-refractivity contribution in [1.29, 1.82) is 0 Å². The summed E-state index contributed by atoms with van der Waals surface area (Å²) < 4.78 is 5.87. The molecule has 1 unspecified atom stereocenters. The second-order valence-corrected chi connectivity index (χ2v) is 8.76. The van der Waals surface area contributed by atoms with Crippen molar-refractivity contribution in [3.63, 3.8) is 0 Å². The molecule has 2 saturated heterocycles. The minimum Gasteiger partial charge on any atom is -0.473 e. The molecule has 1 aromatic heterocycles. The molecule has 1 atom stereocenters. The number of hydrogen-bond donors (Lipinski definition) is 0. The van der Waals surface area contributed by atoms with E-state index >= 15 is 0 Å². The molecule has 0 spiro atoms. The fraction of sp³-hybridized carbons (Fsp3) is 0.700. The Labute approximate surface area is 160 Å². The summed E-state index contributed by atoms with van der Waals surface area (Å²) in [6.45, 7) is 3.66. The van der Waals surface area contributed by atoms with E-state index in [0.29, 0.717) is 11.4 Å². The fourth-order valence-electron chi connectivity index (χ4n) is 4.27. The van der Waals surface area contributed by atoms with Gasteiger partial charge in [-0.1, -0.05) is 19.3 Å². The molecule has 0 bridgehead atoms. The number of hydrogen-bond acceptors (Lipinski definition) is 5. The molecule has 3 fully saturated rings. The van der Waals surface area contributed by atoms with E-state index in [1.54, 1.807) is 6.20 Å². The van der Waals surface area contributed by atoms with Crippen molar-refractivity contribution in [1.82, 2.24) is 14.8 Å². The maximum Gasteiger partial charge on any atom is 0.255 e. The molecule has 2 aliphatic heterocycles. The van der Waals surface area contributed by atoms with Gasteiger partial charge in [-0.3, -0.25) is 9.69 Å². The lowest BCUT2D eigenvalue weighted by molar-refractivity contribution is 0.0523. The Hall–Kier alpha value is -1.27. The molecular weight excluding hydrogens is 346 g/mol. The summed E-state index contributed by atoms with van der Waals surface area (Å²) in [6.07, 6.45) is 9.80. The van der Waals surface area contributed by atoms with Gasteiger partial charge < -0.3 is 9.64 Å². The van der Waals surface area contributed by atoms with Gasteiger partial charge >= 0.3 is 0 Å². The average molecular weight is 376 g/mol. The minimum absolute atomic E-state index is 0.101. The molecule has 0 aromatic carbocycles. The number of piperazine rings is 1. The highest BCUT2D eigenvalue weighted by molar-refractivity contribution is 7.99. The van der Waals surface area contributed by atoms with Crippen molar-refractivity contribution < 1.29 is 9.53 Å². The predicted molar refractivity (Wildman–Crippen MR) is 105 cm³/mol. The van der Waals surface area contributed by atoms with Gasteiger partial charge in [-0.2, -0.15) is 11.8 Å². The van der Waals surface area contributed by atoms with E-state index in [0.717, 1.165) is 50.1 Å². The van der Waals surface area contributed by atoms with E-state index in [1.165, 1.54) is 32.1 Å². The SMILES string of the molecule is O=C(c1ccc(OC2CCSC2)nc1)N1CCN(C2CCCCC2)CC1. The first-order valence-electron chi connectivity index (χ1n) is 10.0. The van der Waals surface area contributed by atoms with Crippen LogP contribution in [-0.4, -0.2) is 70.5 Å². The zero-order chi connectivity index (χ0) is 17.8. The largest absolute Gasteiger partial charge is 0.473 e. The zero-order valence-corrected chi connectivity index (χ0v) is 16.3. The second-order valence-electron chi connectivity index (χ2n) is 7.61. The lowest BCUT2D eigenvalue weighted by atomic mass is 9.94. The molecule has 4 rings (SSSR count). The van der Waals surface area contributed by atoms with Crippen molar-refractivity contribution >= 4 is 17.7 Å². The quantitative estimate of drug-likeness (QED) is 0.809. The minimum atomic E-state index is 0.101. The van der Waals surface area contributed by atoms with Gasteiger partial charge in [-0.05, 0) is 31.1 Å². The van der Waals surface area contributed by atoms with Crippen LogP contribution in [0.3, 0.4) is 0 Å². The molecular formula is C20H29N3O2S. The summed E-state index contributed by atoms with van der Waals surface area (Å²) in [6, 6.07) is 4.45. The van der Waals surface area contributed by atoms with Crippen LogP contribution in [0.5, 0.6) is 5.88 Å².